The zero-order chi connectivity index (χ0) is 17.5. The average molecular weight is 346 g/mol. The molecule has 6 heteroatoms. The topological polar surface area (TPSA) is 71.1 Å². The van der Waals surface area contributed by atoms with Gasteiger partial charge in [0, 0.05) is 24.3 Å². The molecule has 2 aromatic rings. The van der Waals surface area contributed by atoms with E-state index in [2.05, 4.69) is 15.6 Å². The fraction of sp³-hybridized carbons (Fsp3) is 0.278. The summed E-state index contributed by atoms with van der Waals surface area (Å²) >= 11 is 5.89. The maximum atomic E-state index is 12.4. The molecule has 1 heterocycles. The van der Waals surface area contributed by atoms with E-state index >= 15 is 0 Å². The van der Waals surface area contributed by atoms with Gasteiger partial charge in [-0.2, -0.15) is 0 Å². The van der Waals surface area contributed by atoms with Crippen LogP contribution in [-0.2, 0) is 9.59 Å². The van der Waals surface area contributed by atoms with Crippen LogP contribution in [0.1, 0.15) is 43.5 Å². The van der Waals surface area contributed by atoms with Gasteiger partial charge in [-0.1, -0.05) is 23.7 Å². The summed E-state index contributed by atoms with van der Waals surface area (Å²) in [6, 6.07) is 10.3. The lowest BCUT2D eigenvalue weighted by molar-refractivity contribution is -0.123. The summed E-state index contributed by atoms with van der Waals surface area (Å²) in [5.74, 6) is -0.335. The van der Waals surface area contributed by atoms with Crippen molar-refractivity contribution in [2.75, 3.05) is 0 Å². The van der Waals surface area contributed by atoms with Crippen molar-refractivity contribution in [1.82, 2.24) is 15.6 Å². The summed E-state index contributed by atoms with van der Waals surface area (Å²) in [5.41, 5.74) is 1.81. The van der Waals surface area contributed by atoms with Crippen LogP contribution in [0.2, 0.25) is 5.02 Å². The molecule has 0 saturated heterocycles. The van der Waals surface area contributed by atoms with Crippen LogP contribution in [0.5, 0.6) is 0 Å². The number of pyridine rings is 1. The highest BCUT2D eigenvalue weighted by Gasteiger charge is 2.18. The summed E-state index contributed by atoms with van der Waals surface area (Å²) in [5, 5.41) is 6.35. The number of nitrogens with one attached hydrogen (secondary N) is 2. The molecule has 2 atom stereocenters. The molecule has 0 saturated carbocycles. The number of carbonyl (C=O) groups is 2. The molecule has 0 aliphatic carbocycles. The van der Waals surface area contributed by atoms with E-state index in [4.69, 9.17) is 11.6 Å². The molecule has 0 radical (unpaired) electrons. The zero-order valence-corrected chi connectivity index (χ0v) is 14.4. The van der Waals surface area contributed by atoms with Gasteiger partial charge >= 0.3 is 0 Å². The highest BCUT2D eigenvalue weighted by Crippen LogP contribution is 2.20. The van der Waals surface area contributed by atoms with Gasteiger partial charge in [-0.15, -0.1) is 0 Å². The Bertz CT molecular complexity index is 689. The summed E-state index contributed by atoms with van der Waals surface area (Å²) in [6.07, 6.45) is 3.52. The maximum absolute atomic E-state index is 12.4. The van der Waals surface area contributed by atoms with Gasteiger partial charge in [-0.25, -0.2) is 0 Å². The molecule has 0 unspecified atom stereocenters. The molecule has 5 nitrogen and oxygen atoms in total. The van der Waals surface area contributed by atoms with Crippen LogP contribution in [-0.4, -0.2) is 16.8 Å². The second-order valence-electron chi connectivity index (χ2n) is 5.58. The van der Waals surface area contributed by atoms with Gasteiger partial charge in [0.05, 0.1) is 18.5 Å². The van der Waals surface area contributed by atoms with Crippen molar-refractivity contribution in [2.24, 2.45) is 0 Å². The minimum atomic E-state index is -0.399. The number of halogens is 1. The van der Waals surface area contributed by atoms with E-state index in [-0.39, 0.29) is 24.3 Å². The van der Waals surface area contributed by atoms with Crippen molar-refractivity contribution in [3.63, 3.8) is 0 Å². The number of rotatable bonds is 6. The molecule has 2 amide bonds. The first-order valence-electron chi connectivity index (χ1n) is 7.67. The average Bonchev–Trinajstić information content (AvgIpc) is 2.55. The third kappa shape index (κ3) is 5.35. The summed E-state index contributed by atoms with van der Waals surface area (Å²) in [4.78, 5) is 27.8. The number of nitrogens with zero attached hydrogens (tertiary/aromatic N) is 1. The van der Waals surface area contributed by atoms with Crippen LogP contribution in [0.15, 0.2) is 48.8 Å². The van der Waals surface area contributed by atoms with Gasteiger partial charge in [0.1, 0.15) is 0 Å². The number of hydrogen-bond donors (Lipinski definition) is 2. The smallest absolute Gasteiger partial charge is 0.222 e. The highest BCUT2D eigenvalue weighted by molar-refractivity contribution is 6.30. The fourth-order valence-electron chi connectivity index (χ4n) is 2.41. The van der Waals surface area contributed by atoms with Crippen LogP contribution >= 0.6 is 11.6 Å². The van der Waals surface area contributed by atoms with Crippen LogP contribution in [0.25, 0.3) is 0 Å². The summed E-state index contributed by atoms with van der Waals surface area (Å²) in [7, 11) is 0. The molecular formula is C18H20ClN3O2. The fourth-order valence-corrected chi connectivity index (χ4v) is 2.54. The maximum Gasteiger partial charge on any atom is 0.222 e. The van der Waals surface area contributed by atoms with E-state index in [1.54, 1.807) is 24.5 Å². The molecule has 0 fully saturated rings. The molecule has 126 valence electrons. The largest absolute Gasteiger partial charge is 0.350 e. The Morgan fingerprint density at radius 1 is 1.04 bits per heavy atom. The quantitative estimate of drug-likeness (QED) is 0.844. The third-order valence-corrected chi connectivity index (χ3v) is 3.87. The van der Waals surface area contributed by atoms with E-state index in [1.807, 2.05) is 31.2 Å². The second kappa shape index (κ2) is 8.45. The molecule has 2 rings (SSSR count). The first kappa shape index (κ1) is 17.9. The van der Waals surface area contributed by atoms with Crippen molar-refractivity contribution >= 4 is 23.4 Å². The molecule has 2 N–H and O–H groups in total. The third-order valence-electron chi connectivity index (χ3n) is 3.62. The number of carbonyl (C=O) groups excluding carboxylic acids is 2. The Morgan fingerprint density at radius 3 is 2.25 bits per heavy atom. The van der Waals surface area contributed by atoms with E-state index in [9.17, 15) is 9.59 Å². The standard InChI is InChI=1S/C18H20ClN3O2/c1-12(14-7-9-20-10-8-14)21-18(24)11-17(22-13(2)23)15-3-5-16(19)6-4-15/h3-10,12,17H,11H2,1-2H3,(H,21,24)(H,22,23)/t12-,17-/m0/s1. The number of hydrogen-bond acceptors (Lipinski definition) is 3. The molecule has 0 spiro atoms. The Balaban J connectivity index is 2.04. The molecular weight excluding hydrogens is 326 g/mol. The number of amides is 2. The van der Waals surface area contributed by atoms with Gasteiger partial charge in [-0.3, -0.25) is 14.6 Å². The van der Waals surface area contributed by atoms with E-state index < -0.39 is 6.04 Å². The molecule has 24 heavy (non-hydrogen) atoms. The normalized spacial score (nSPS) is 13.0. The van der Waals surface area contributed by atoms with Gasteiger partial charge < -0.3 is 10.6 Å². The first-order valence-corrected chi connectivity index (χ1v) is 8.05. The van der Waals surface area contributed by atoms with Gasteiger partial charge in [0.15, 0.2) is 0 Å². The Labute approximate surface area is 146 Å². The Hall–Kier alpha value is -2.40. The zero-order valence-electron chi connectivity index (χ0n) is 13.6. The lowest BCUT2D eigenvalue weighted by Gasteiger charge is -2.20. The van der Waals surface area contributed by atoms with E-state index in [0.29, 0.717) is 5.02 Å². The van der Waals surface area contributed by atoms with Crippen LogP contribution in [0, 0.1) is 0 Å². The number of benzene rings is 1. The van der Waals surface area contributed by atoms with Crippen molar-refractivity contribution in [2.45, 2.75) is 32.4 Å². The van der Waals surface area contributed by atoms with Gasteiger partial charge in [0.2, 0.25) is 11.8 Å². The lowest BCUT2D eigenvalue weighted by Crippen LogP contribution is -2.33. The SMILES string of the molecule is CC(=O)N[C@@H](CC(=O)N[C@@H](C)c1ccncc1)c1ccc(Cl)cc1. The van der Waals surface area contributed by atoms with Crippen molar-refractivity contribution in [3.8, 4) is 0 Å². The first-order chi connectivity index (χ1) is 11.5. The Morgan fingerprint density at radius 2 is 1.67 bits per heavy atom. The van der Waals surface area contributed by atoms with Crippen LogP contribution < -0.4 is 10.6 Å². The molecule has 0 bridgehead atoms. The predicted octanol–water partition coefficient (Wildman–Crippen LogP) is 3.18. The monoisotopic (exact) mass is 345 g/mol. The van der Waals surface area contributed by atoms with Crippen LogP contribution in [0.4, 0.5) is 0 Å². The summed E-state index contributed by atoms with van der Waals surface area (Å²) < 4.78 is 0. The van der Waals surface area contributed by atoms with Gasteiger partial charge in [-0.05, 0) is 42.3 Å². The lowest BCUT2D eigenvalue weighted by atomic mass is 10.0. The summed E-state index contributed by atoms with van der Waals surface area (Å²) in [6.45, 7) is 3.34. The highest BCUT2D eigenvalue weighted by atomic mass is 35.5. The second-order valence-corrected chi connectivity index (χ2v) is 6.01. The molecule has 0 aliphatic heterocycles. The van der Waals surface area contributed by atoms with Crippen molar-refractivity contribution < 1.29 is 9.59 Å². The van der Waals surface area contributed by atoms with Crippen LogP contribution in [0.3, 0.4) is 0 Å². The minimum absolute atomic E-state index is 0.135. The van der Waals surface area contributed by atoms with Gasteiger partial charge in [0.25, 0.3) is 0 Å². The molecule has 1 aromatic heterocycles. The van der Waals surface area contributed by atoms with E-state index in [1.165, 1.54) is 6.92 Å². The predicted molar refractivity (Wildman–Crippen MR) is 93.4 cm³/mol. The Kier molecular flexibility index (Phi) is 6.32. The van der Waals surface area contributed by atoms with Crippen molar-refractivity contribution in [3.05, 3.63) is 64.9 Å². The molecule has 1 aromatic carbocycles. The minimum Gasteiger partial charge on any atom is -0.350 e. The van der Waals surface area contributed by atoms with Crippen molar-refractivity contribution in [1.29, 1.82) is 0 Å². The number of aromatic nitrogens is 1. The van der Waals surface area contributed by atoms with E-state index in [0.717, 1.165) is 11.1 Å². The molecule has 0 aliphatic rings.